The third kappa shape index (κ3) is 3.74. The Morgan fingerprint density at radius 1 is 1.22 bits per heavy atom. The smallest absolute Gasteiger partial charge is 0.0345 e. The van der Waals surface area contributed by atoms with Crippen LogP contribution in [-0.2, 0) is 6.42 Å². The van der Waals surface area contributed by atoms with Crippen LogP contribution in [0, 0.1) is 0 Å². The molecule has 1 N–H and O–H groups in total. The van der Waals surface area contributed by atoms with Gasteiger partial charge in [0.25, 0.3) is 0 Å². The predicted molar refractivity (Wildman–Crippen MR) is 79.2 cm³/mol. The average molecular weight is 246 g/mol. The van der Waals surface area contributed by atoms with Gasteiger partial charge in [0, 0.05) is 24.8 Å². The molecule has 0 bridgehead atoms. The van der Waals surface area contributed by atoms with Crippen molar-refractivity contribution >= 4 is 5.69 Å². The van der Waals surface area contributed by atoms with Gasteiger partial charge in [-0.2, -0.15) is 0 Å². The van der Waals surface area contributed by atoms with Crippen LogP contribution < -0.4 is 5.32 Å². The highest BCUT2D eigenvalue weighted by Crippen LogP contribution is 2.18. The molecule has 2 nitrogen and oxygen atoms in total. The predicted octanol–water partition coefficient (Wildman–Crippen LogP) is 3.54. The Hall–Kier alpha value is -1.02. The van der Waals surface area contributed by atoms with E-state index in [0.29, 0.717) is 6.04 Å². The van der Waals surface area contributed by atoms with E-state index in [2.05, 4.69) is 48.3 Å². The summed E-state index contributed by atoms with van der Waals surface area (Å²) in [5.74, 6) is 0. The molecular formula is C16H26N2. The van der Waals surface area contributed by atoms with Crippen LogP contribution in [0.3, 0.4) is 0 Å². The fraction of sp³-hybridized carbons (Fsp3) is 0.625. The molecular weight excluding hydrogens is 220 g/mol. The summed E-state index contributed by atoms with van der Waals surface area (Å²) in [5, 5.41) is 3.69. The third-order valence-corrected chi connectivity index (χ3v) is 3.83. The van der Waals surface area contributed by atoms with E-state index in [0.717, 1.165) is 6.42 Å². The van der Waals surface area contributed by atoms with Crippen molar-refractivity contribution in [2.24, 2.45) is 0 Å². The SMILES string of the molecule is CCCN1CCC(Nc2cccc(CC)c2)CC1. The molecule has 2 heteroatoms. The number of piperidine rings is 1. The van der Waals surface area contributed by atoms with Crippen molar-refractivity contribution in [3.8, 4) is 0 Å². The van der Waals surface area contributed by atoms with E-state index in [4.69, 9.17) is 0 Å². The fourth-order valence-corrected chi connectivity index (χ4v) is 2.73. The Labute approximate surface area is 111 Å². The number of nitrogens with one attached hydrogen (secondary N) is 1. The highest BCUT2D eigenvalue weighted by molar-refractivity contribution is 5.46. The molecule has 0 radical (unpaired) electrons. The molecule has 0 aromatic heterocycles. The number of anilines is 1. The minimum Gasteiger partial charge on any atom is -0.382 e. The minimum atomic E-state index is 0.658. The van der Waals surface area contributed by atoms with E-state index in [1.54, 1.807) is 0 Å². The van der Waals surface area contributed by atoms with E-state index < -0.39 is 0 Å². The molecule has 1 aromatic carbocycles. The van der Waals surface area contributed by atoms with Crippen LogP contribution >= 0.6 is 0 Å². The summed E-state index contributed by atoms with van der Waals surface area (Å²) in [5.41, 5.74) is 2.71. The zero-order chi connectivity index (χ0) is 12.8. The molecule has 100 valence electrons. The van der Waals surface area contributed by atoms with Crippen LogP contribution in [-0.4, -0.2) is 30.6 Å². The molecule has 0 atom stereocenters. The van der Waals surface area contributed by atoms with Gasteiger partial charge in [-0.3, -0.25) is 0 Å². The summed E-state index contributed by atoms with van der Waals surface area (Å²) in [7, 11) is 0. The second-order valence-electron chi connectivity index (χ2n) is 5.31. The minimum absolute atomic E-state index is 0.658. The molecule has 1 aliphatic rings. The fourth-order valence-electron chi connectivity index (χ4n) is 2.73. The Bertz CT molecular complexity index is 354. The summed E-state index contributed by atoms with van der Waals surface area (Å²) in [6.45, 7) is 8.24. The quantitative estimate of drug-likeness (QED) is 0.855. The Balaban J connectivity index is 1.83. The zero-order valence-electron chi connectivity index (χ0n) is 11.8. The van der Waals surface area contributed by atoms with Gasteiger partial charge in [0.1, 0.15) is 0 Å². The van der Waals surface area contributed by atoms with Gasteiger partial charge in [-0.25, -0.2) is 0 Å². The lowest BCUT2D eigenvalue weighted by Gasteiger charge is -2.32. The van der Waals surface area contributed by atoms with Crippen LogP contribution in [0.15, 0.2) is 24.3 Å². The molecule has 18 heavy (non-hydrogen) atoms. The normalized spacial score (nSPS) is 17.9. The Morgan fingerprint density at radius 2 is 2.00 bits per heavy atom. The van der Waals surface area contributed by atoms with Crippen LogP contribution in [0.5, 0.6) is 0 Å². The van der Waals surface area contributed by atoms with Gasteiger partial charge < -0.3 is 10.2 Å². The van der Waals surface area contributed by atoms with Gasteiger partial charge in [-0.1, -0.05) is 26.0 Å². The van der Waals surface area contributed by atoms with Crippen molar-refractivity contribution in [1.82, 2.24) is 4.90 Å². The lowest BCUT2D eigenvalue weighted by Crippen LogP contribution is -2.39. The second-order valence-corrected chi connectivity index (χ2v) is 5.31. The molecule has 1 aromatic rings. The van der Waals surface area contributed by atoms with E-state index >= 15 is 0 Å². The number of hydrogen-bond acceptors (Lipinski definition) is 2. The van der Waals surface area contributed by atoms with Crippen molar-refractivity contribution in [2.75, 3.05) is 25.0 Å². The highest BCUT2D eigenvalue weighted by atomic mass is 15.1. The summed E-state index contributed by atoms with van der Waals surface area (Å²) >= 11 is 0. The van der Waals surface area contributed by atoms with Crippen LogP contribution in [0.1, 0.15) is 38.7 Å². The largest absolute Gasteiger partial charge is 0.382 e. The van der Waals surface area contributed by atoms with Gasteiger partial charge in [0.2, 0.25) is 0 Å². The van der Waals surface area contributed by atoms with E-state index in [-0.39, 0.29) is 0 Å². The van der Waals surface area contributed by atoms with Gasteiger partial charge in [0.05, 0.1) is 0 Å². The first-order valence-electron chi connectivity index (χ1n) is 7.39. The molecule has 1 fully saturated rings. The van der Waals surface area contributed by atoms with Crippen LogP contribution in [0.2, 0.25) is 0 Å². The molecule has 2 rings (SSSR count). The maximum atomic E-state index is 3.69. The standard InChI is InChI=1S/C16H26N2/c1-3-10-18-11-8-15(9-12-18)17-16-7-5-6-14(4-2)13-16/h5-7,13,15,17H,3-4,8-12H2,1-2H3. The number of rotatable bonds is 5. The lowest BCUT2D eigenvalue weighted by atomic mass is 10.0. The molecule has 0 unspecified atom stereocenters. The van der Waals surface area contributed by atoms with Gasteiger partial charge in [-0.05, 0) is 49.9 Å². The van der Waals surface area contributed by atoms with E-state index in [9.17, 15) is 0 Å². The van der Waals surface area contributed by atoms with Gasteiger partial charge >= 0.3 is 0 Å². The molecule has 1 saturated heterocycles. The van der Waals surface area contributed by atoms with E-state index in [1.165, 1.54) is 50.1 Å². The van der Waals surface area contributed by atoms with Crippen molar-refractivity contribution < 1.29 is 0 Å². The molecule has 0 spiro atoms. The first kappa shape index (κ1) is 13.4. The van der Waals surface area contributed by atoms with Gasteiger partial charge in [0.15, 0.2) is 0 Å². The Kier molecular flexibility index (Phi) is 5.06. The average Bonchev–Trinajstić information content (AvgIpc) is 2.42. The summed E-state index contributed by atoms with van der Waals surface area (Å²) in [6.07, 6.45) is 4.94. The zero-order valence-corrected chi connectivity index (χ0v) is 11.8. The highest BCUT2D eigenvalue weighted by Gasteiger charge is 2.18. The maximum absolute atomic E-state index is 3.69. The first-order valence-corrected chi connectivity index (χ1v) is 7.39. The maximum Gasteiger partial charge on any atom is 0.0345 e. The summed E-state index contributed by atoms with van der Waals surface area (Å²) in [6, 6.07) is 9.50. The van der Waals surface area contributed by atoms with Crippen molar-refractivity contribution in [3.05, 3.63) is 29.8 Å². The summed E-state index contributed by atoms with van der Waals surface area (Å²) in [4.78, 5) is 2.58. The van der Waals surface area contributed by atoms with Crippen molar-refractivity contribution in [3.63, 3.8) is 0 Å². The monoisotopic (exact) mass is 246 g/mol. The number of hydrogen-bond donors (Lipinski definition) is 1. The second kappa shape index (κ2) is 6.79. The molecule has 1 heterocycles. The number of nitrogens with zero attached hydrogens (tertiary/aromatic N) is 1. The summed E-state index contributed by atoms with van der Waals surface area (Å²) < 4.78 is 0. The number of benzene rings is 1. The lowest BCUT2D eigenvalue weighted by molar-refractivity contribution is 0.219. The number of likely N-dealkylation sites (tertiary alicyclic amines) is 1. The van der Waals surface area contributed by atoms with Crippen LogP contribution in [0.4, 0.5) is 5.69 Å². The molecule has 1 aliphatic heterocycles. The number of aryl methyl sites for hydroxylation is 1. The van der Waals surface area contributed by atoms with Crippen LogP contribution in [0.25, 0.3) is 0 Å². The first-order chi connectivity index (χ1) is 8.81. The van der Waals surface area contributed by atoms with Gasteiger partial charge in [-0.15, -0.1) is 0 Å². The molecule has 0 saturated carbocycles. The van der Waals surface area contributed by atoms with Crippen molar-refractivity contribution in [2.45, 2.75) is 45.6 Å². The topological polar surface area (TPSA) is 15.3 Å². The Morgan fingerprint density at radius 3 is 2.67 bits per heavy atom. The molecule has 0 aliphatic carbocycles. The molecule has 0 amide bonds. The van der Waals surface area contributed by atoms with E-state index in [1.807, 2.05) is 0 Å². The third-order valence-electron chi connectivity index (χ3n) is 3.83. The van der Waals surface area contributed by atoms with Crippen molar-refractivity contribution in [1.29, 1.82) is 0 Å².